The number of nitrogens with one attached hydrogen (secondary N) is 4. The van der Waals surface area contributed by atoms with E-state index in [2.05, 4.69) is 50.2 Å². The average molecular weight is 1180 g/mol. The van der Waals surface area contributed by atoms with Crippen molar-refractivity contribution in [3.05, 3.63) is 71.3 Å². The lowest BCUT2D eigenvalue weighted by Gasteiger charge is -2.39. The summed E-state index contributed by atoms with van der Waals surface area (Å²) in [4.78, 5) is 113. The standard InChI is InChI=1S/C60H88BrN5O14/c1-38(2)50(32-47(69)13-9-8-10-27-63-56(72)35-61)58(74)66-51(15-12-28-64-59(62)75)53(70)30-44-20-22-45(23-21-44)36-76-57(73)16-11-14-46(68)31-49-34-60(37-77-60)33-48(80-49)24-17-39(3)18-25-54-40(4)29-52(42(6)79-54)65-55(71)26-19-41(5)78-43(7)67/h17-24,26,38,40-42,48-52,54H,8-16,25,27-37H2,1-7H3,(H,63,72)(H,65,71)(H,66,74)(H3,62,64,75)/b24-17+,26-19-,39-18+/t40-,41-,42+,48+,49+,50?,51-,52+,54-,60+/m0/s1. The van der Waals surface area contributed by atoms with E-state index in [4.69, 9.17) is 29.4 Å². The van der Waals surface area contributed by atoms with Gasteiger partial charge in [0.15, 0.2) is 5.78 Å². The second-order valence-electron chi connectivity index (χ2n) is 22.2. The number of benzene rings is 1. The minimum atomic E-state index is -0.878. The van der Waals surface area contributed by atoms with Crippen molar-refractivity contribution in [2.75, 3.05) is 25.0 Å². The molecule has 0 radical (unpaired) electrons. The number of rotatable bonds is 35. The van der Waals surface area contributed by atoms with Gasteiger partial charge in [-0.25, -0.2) is 4.79 Å². The zero-order chi connectivity index (χ0) is 58.8. The Morgan fingerprint density at radius 3 is 2.23 bits per heavy atom. The van der Waals surface area contributed by atoms with E-state index in [0.29, 0.717) is 69.2 Å². The van der Waals surface area contributed by atoms with Gasteiger partial charge in [0.05, 0.1) is 54.0 Å². The molecule has 0 aromatic heterocycles. The van der Waals surface area contributed by atoms with E-state index in [0.717, 1.165) is 24.8 Å². The molecule has 1 spiro atoms. The number of alkyl halides is 1. The summed E-state index contributed by atoms with van der Waals surface area (Å²) < 4.78 is 29.2. The van der Waals surface area contributed by atoms with E-state index in [9.17, 15) is 43.2 Å². The molecule has 0 bridgehead atoms. The van der Waals surface area contributed by atoms with E-state index in [1.807, 2.05) is 39.8 Å². The number of unbranched alkanes of at least 4 members (excludes halogenated alkanes) is 2. The first-order valence-electron chi connectivity index (χ1n) is 28.4. The molecule has 4 rings (SSSR count). The summed E-state index contributed by atoms with van der Waals surface area (Å²) in [6.45, 7) is 14.2. The average Bonchev–Trinajstić information content (AvgIpc) is 4.14. The number of nitrogens with two attached hydrogens (primary N) is 1. The summed E-state index contributed by atoms with van der Waals surface area (Å²) in [7, 11) is 0. The minimum Gasteiger partial charge on any atom is -0.461 e. The Kier molecular flexibility index (Phi) is 29.0. The van der Waals surface area contributed by atoms with Crippen LogP contribution in [0, 0.1) is 17.8 Å². The number of allylic oxidation sites excluding steroid dienone is 2. The van der Waals surface area contributed by atoms with Crippen LogP contribution in [0.25, 0.3) is 0 Å². The lowest BCUT2D eigenvalue weighted by atomic mass is 9.88. The van der Waals surface area contributed by atoms with E-state index in [1.165, 1.54) is 13.0 Å². The van der Waals surface area contributed by atoms with Gasteiger partial charge in [-0.1, -0.05) is 91.2 Å². The summed E-state index contributed by atoms with van der Waals surface area (Å²) in [5.74, 6) is -2.50. The number of esters is 2. The summed E-state index contributed by atoms with van der Waals surface area (Å²) in [6.07, 6.45) is 14.6. The molecule has 19 nitrogen and oxygen atoms in total. The largest absolute Gasteiger partial charge is 0.461 e. The molecule has 5 amide bonds. The maximum Gasteiger partial charge on any atom is 0.312 e. The van der Waals surface area contributed by atoms with Gasteiger partial charge in [-0.2, -0.15) is 0 Å². The molecule has 3 aliphatic heterocycles. The van der Waals surface area contributed by atoms with Crippen LogP contribution in [0.4, 0.5) is 4.79 Å². The highest BCUT2D eigenvalue weighted by molar-refractivity contribution is 9.09. The van der Waals surface area contributed by atoms with Gasteiger partial charge in [0.2, 0.25) is 17.7 Å². The third-order valence-corrected chi connectivity index (χ3v) is 15.2. The van der Waals surface area contributed by atoms with Crippen molar-refractivity contribution in [2.24, 2.45) is 23.5 Å². The Hall–Kier alpha value is -5.57. The number of primary amides is 1. The molecule has 3 fully saturated rings. The molecule has 1 aromatic rings. The fraction of sp³-hybridized carbons (Fsp3) is 0.650. The van der Waals surface area contributed by atoms with Crippen molar-refractivity contribution in [1.82, 2.24) is 21.3 Å². The Morgan fingerprint density at radius 2 is 1.55 bits per heavy atom. The number of hydrogen-bond acceptors (Lipinski definition) is 14. The van der Waals surface area contributed by atoms with Gasteiger partial charge in [-0.3, -0.25) is 38.4 Å². The molecular weight excluding hydrogens is 1090 g/mol. The number of ketones is 3. The van der Waals surface area contributed by atoms with Crippen molar-refractivity contribution >= 4 is 69.0 Å². The number of halogens is 1. The first-order valence-corrected chi connectivity index (χ1v) is 29.6. The second kappa shape index (κ2) is 34.7. The molecule has 1 aromatic carbocycles. The van der Waals surface area contributed by atoms with Gasteiger partial charge in [0, 0.05) is 83.4 Å². The van der Waals surface area contributed by atoms with Gasteiger partial charge in [-0.15, -0.1) is 0 Å². The molecular formula is C60H88BrN5O14. The van der Waals surface area contributed by atoms with Gasteiger partial charge in [-0.05, 0) is 94.8 Å². The first kappa shape index (κ1) is 66.9. The topological polar surface area (TPSA) is 277 Å². The fourth-order valence-corrected chi connectivity index (χ4v) is 10.2. The molecule has 3 heterocycles. The Morgan fingerprint density at radius 1 is 0.850 bits per heavy atom. The summed E-state index contributed by atoms with van der Waals surface area (Å²) in [5, 5.41) is 11.4. The smallest absolute Gasteiger partial charge is 0.312 e. The molecule has 10 atom stereocenters. The monoisotopic (exact) mass is 1180 g/mol. The van der Waals surface area contributed by atoms with Gasteiger partial charge in [0.1, 0.15) is 24.3 Å². The number of ether oxygens (including phenoxy) is 5. The lowest BCUT2D eigenvalue weighted by molar-refractivity contribution is -0.145. The van der Waals surface area contributed by atoms with E-state index < -0.39 is 36.0 Å². The fourth-order valence-electron chi connectivity index (χ4n) is 9.96. The highest BCUT2D eigenvalue weighted by atomic mass is 79.9. The van der Waals surface area contributed by atoms with Crippen LogP contribution in [0.3, 0.4) is 0 Å². The number of carbonyl (C=O) groups is 9. The third-order valence-electron chi connectivity index (χ3n) is 14.7. The van der Waals surface area contributed by atoms with Gasteiger partial charge in [0.25, 0.3) is 0 Å². The summed E-state index contributed by atoms with van der Waals surface area (Å²) in [5.41, 5.74) is 7.38. The molecule has 1 unspecified atom stereocenters. The van der Waals surface area contributed by atoms with Crippen LogP contribution in [0.15, 0.2) is 60.2 Å². The molecule has 3 saturated heterocycles. The van der Waals surface area contributed by atoms with E-state index >= 15 is 0 Å². The minimum absolute atomic E-state index is 0.000431. The number of urea groups is 1. The Labute approximate surface area is 480 Å². The van der Waals surface area contributed by atoms with Crippen LogP contribution in [-0.4, -0.2) is 126 Å². The highest BCUT2D eigenvalue weighted by Gasteiger charge is 2.51. The zero-order valence-corrected chi connectivity index (χ0v) is 49.6. The van der Waals surface area contributed by atoms with Crippen LogP contribution in [0.2, 0.25) is 0 Å². The van der Waals surface area contributed by atoms with Crippen molar-refractivity contribution in [3.8, 4) is 0 Å². The van der Waals surface area contributed by atoms with E-state index in [1.54, 1.807) is 37.3 Å². The van der Waals surface area contributed by atoms with Crippen LogP contribution in [-0.2, 0) is 75.1 Å². The number of carbonyl (C=O) groups excluding carboxylic acids is 9. The number of epoxide rings is 1. The molecule has 20 heteroatoms. The summed E-state index contributed by atoms with van der Waals surface area (Å²) >= 11 is 3.11. The van der Waals surface area contributed by atoms with Gasteiger partial charge < -0.3 is 50.7 Å². The lowest BCUT2D eigenvalue weighted by Crippen LogP contribution is -2.50. The zero-order valence-electron chi connectivity index (χ0n) is 48.0. The maximum atomic E-state index is 13.7. The maximum absolute atomic E-state index is 13.7. The number of amides is 5. The van der Waals surface area contributed by atoms with Crippen molar-refractivity contribution in [2.45, 2.75) is 206 Å². The predicted octanol–water partition coefficient (Wildman–Crippen LogP) is 7.22. The van der Waals surface area contributed by atoms with E-state index in [-0.39, 0.29) is 140 Å². The molecule has 80 heavy (non-hydrogen) atoms. The summed E-state index contributed by atoms with van der Waals surface area (Å²) in [6, 6.07) is 5.32. The Balaban J connectivity index is 1.17. The van der Waals surface area contributed by atoms with Crippen LogP contribution >= 0.6 is 15.9 Å². The molecule has 0 aliphatic carbocycles. The molecule has 3 aliphatic rings. The third kappa shape index (κ3) is 25.9. The quantitative estimate of drug-likeness (QED) is 0.0112. The SMILES string of the molecule is CC(=O)O[C@@H](C)/C=C\C(=O)N[C@@H]1C[C@H](C)[C@H](C/C=C(C)/C=C/[C@@H]2C[C@]3(CO3)C[C@@H](CC(=O)CCCC(=O)OCc3ccc(CC(=O)[C@H](CCCNC(N)=O)NC(=O)C(CC(=O)CCCCCNC(=O)CBr)C(C)C)cc3)O2)O[C@@H]1C. The van der Waals surface area contributed by atoms with Crippen LogP contribution in [0.1, 0.15) is 156 Å². The molecule has 444 valence electrons. The van der Waals surface area contributed by atoms with Crippen molar-refractivity contribution in [1.29, 1.82) is 0 Å². The molecule has 6 N–H and O–H groups in total. The van der Waals surface area contributed by atoms with Crippen LogP contribution in [0.5, 0.6) is 0 Å². The number of Topliss-reactive ketones (excluding diaryl/α,β-unsaturated/α-hetero) is 3. The molecule has 0 saturated carbocycles. The van der Waals surface area contributed by atoms with Gasteiger partial charge >= 0.3 is 18.0 Å². The van der Waals surface area contributed by atoms with Crippen molar-refractivity contribution in [3.63, 3.8) is 0 Å². The normalized spacial score (nSPS) is 23.0. The number of hydrogen-bond donors (Lipinski definition) is 5. The predicted molar refractivity (Wildman–Crippen MR) is 305 cm³/mol. The Bertz CT molecular complexity index is 2330. The highest BCUT2D eigenvalue weighted by Crippen LogP contribution is 2.43. The van der Waals surface area contributed by atoms with Crippen molar-refractivity contribution < 1.29 is 66.8 Å². The second-order valence-corrected chi connectivity index (χ2v) is 22.8. The first-order chi connectivity index (χ1) is 38.0. The van der Waals surface area contributed by atoms with Crippen LogP contribution < -0.4 is 27.0 Å².